The standard InChI is InChI=1S/C13H22O2/c1-3-5-7-8-10-12-15-13(14)11-9-6-4-2/h3,5,7-8H,4,6,9-12H2,1-2H3. The summed E-state index contributed by atoms with van der Waals surface area (Å²) in [6.45, 7) is 4.59. The van der Waals surface area contributed by atoms with E-state index >= 15 is 0 Å². The van der Waals surface area contributed by atoms with E-state index in [9.17, 15) is 4.79 Å². The Morgan fingerprint density at radius 1 is 1.27 bits per heavy atom. The molecule has 0 saturated heterocycles. The first-order chi connectivity index (χ1) is 7.31. The second-order valence-corrected chi connectivity index (χ2v) is 3.42. The van der Waals surface area contributed by atoms with Crippen molar-refractivity contribution in [3.05, 3.63) is 24.3 Å². The van der Waals surface area contributed by atoms with E-state index in [1.807, 2.05) is 31.2 Å². The molecule has 0 heterocycles. The summed E-state index contributed by atoms with van der Waals surface area (Å²) in [7, 11) is 0. The van der Waals surface area contributed by atoms with E-state index in [1.54, 1.807) is 0 Å². The summed E-state index contributed by atoms with van der Waals surface area (Å²) in [5.41, 5.74) is 0. The molecule has 15 heavy (non-hydrogen) atoms. The van der Waals surface area contributed by atoms with Crippen LogP contribution in [0.3, 0.4) is 0 Å². The Labute approximate surface area is 93.0 Å². The van der Waals surface area contributed by atoms with Gasteiger partial charge in [0, 0.05) is 6.42 Å². The molecule has 0 fully saturated rings. The molecule has 0 aliphatic rings. The van der Waals surface area contributed by atoms with Gasteiger partial charge in [-0.15, -0.1) is 0 Å². The highest BCUT2D eigenvalue weighted by Crippen LogP contribution is 2.00. The first-order valence-electron chi connectivity index (χ1n) is 5.74. The van der Waals surface area contributed by atoms with Crippen LogP contribution in [0.15, 0.2) is 24.3 Å². The topological polar surface area (TPSA) is 26.3 Å². The maximum atomic E-state index is 11.1. The van der Waals surface area contributed by atoms with Crippen molar-refractivity contribution in [3.8, 4) is 0 Å². The molecule has 0 aliphatic heterocycles. The highest BCUT2D eigenvalue weighted by molar-refractivity contribution is 5.69. The van der Waals surface area contributed by atoms with Crippen molar-refractivity contribution in [2.75, 3.05) is 6.61 Å². The Morgan fingerprint density at radius 3 is 2.73 bits per heavy atom. The zero-order chi connectivity index (χ0) is 11.4. The third kappa shape index (κ3) is 10.9. The van der Waals surface area contributed by atoms with Gasteiger partial charge >= 0.3 is 5.97 Å². The average Bonchev–Trinajstić information content (AvgIpc) is 2.23. The van der Waals surface area contributed by atoms with Gasteiger partial charge < -0.3 is 4.74 Å². The molecule has 0 atom stereocenters. The zero-order valence-corrected chi connectivity index (χ0v) is 9.87. The summed E-state index contributed by atoms with van der Waals surface area (Å²) in [4.78, 5) is 11.1. The molecule has 2 nitrogen and oxygen atoms in total. The van der Waals surface area contributed by atoms with Crippen LogP contribution in [-0.2, 0) is 9.53 Å². The van der Waals surface area contributed by atoms with E-state index < -0.39 is 0 Å². The van der Waals surface area contributed by atoms with Gasteiger partial charge in [-0.3, -0.25) is 4.79 Å². The summed E-state index contributed by atoms with van der Waals surface area (Å²) in [5.74, 6) is -0.0668. The normalized spacial score (nSPS) is 11.3. The summed E-state index contributed by atoms with van der Waals surface area (Å²) in [5, 5.41) is 0. The van der Waals surface area contributed by atoms with E-state index in [0.29, 0.717) is 13.0 Å². The fourth-order valence-corrected chi connectivity index (χ4v) is 1.12. The van der Waals surface area contributed by atoms with Crippen molar-refractivity contribution < 1.29 is 9.53 Å². The van der Waals surface area contributed by atoms with Gasteiger partial charge in [0.15, 0.2) is 0 Å². The van der Waals surface area contributed by atoms with E-state index in [-0.39, 0.29) is 5.97 Å². The van der Waals surface area contributed by atoms with Crippen LogP contribution in [0.5, 0.6) is 0 Å². The van der Waals surface area contributed by atoms with Gasteiger partial charge in [-0.1, -0.05) is 44.1 Å². The molecule has 0 aromatic rings. The van der Waals surface area contributed by atoms with Crippen LogP contribution < -0.4 is 0 Å². The number of hydrogen-bond acceptors (Lipinski definition) is 2. The molecule has 0 spiro atoms. The summed E-state index contributed by atoms with van der Waals surface area (Å²) in [6, 6.07) is 0. The van der Waals surface area contributed by atoms with Gasteiger partial charge in [-0.25, -0.2) is 0 Å². The molecule has 0 bridgehead atoms. The lowest BCUT2D eigenvalue weighted by molar-refractivity contribution is -0.143. The van der Waals surface area contributed by atoms with Crippen molar-refractivity contribution in [1.82, 2.24) is 0 Å². The SMILES string of the molecule is CC=CC=CCCOC(=O)CCCCC. The van der Waals surface area contributed by atoms with Crippen molar-refractivity contribution in [3.63, 3.8) is 0 Å². The molecule has 0 rings (SSSR count). The Morgan fingerprint density at radius 2 is 2.07 bits per heavy atom. The number of allylic oxidation sites excluding steroid dienone is 3. The fraction of sp³-hybridized carbons (Fsp3) is 0.615. The Bertz CT molecular complexity index is 205. The molecule has 0 aliphatic carbocycles. The molecular weight excluding hydrogens is 188 g/mol. The first kappa shape index (κ1) is 13.9. The predicted molar refractivity (Wildman–Crippen MR) is 63.7 cm³/mol. The number of rotatable bonds is 8. The van der Waals surface area contributed by atoms with Crippen molar-refractivity contribution in [1.29, 1.82) is 0 Å². The average molecular weight is 210 g/mol. The van der Waals surface area contributed by atoms with Crippen molar-refractivity contribution in [2.45, 2.75) is 46.0 Å². The van der Waals surface area contributed by atoms with E-state index in [2.05, 4.69) is 6.92 Å². The van der Waals surface area contributed by atoms with Crippen LogP contribution in [0.1, 0.15) is 46.0 Å². The third-order valence-corrected chi connectivity index (χ3v) is 1.97. The van der Waals surface area contributed by atoms with Crippen LogP contribution in [0, 0.1) is 0 Å². The smallest absolute Gasteiger partial charge is 0.305 e. The first-order valence-corrected chi connectivity index (χ1v) is 5.74. The monoisotopic (exact) mass is 210 g/mol. The highest BCUT2D eigenvalue weighted by Gasteiger charge is 2.00. The van der Waals surface area contributed by atoms with E-state index in [0.717, 1.165) is 25.7 Å². The molecule has 0 radical (unpaired) electrons. The van der Waals surface area contributed by atoms with Crippen molar-refractivity contribution >= 4 is 5.97 Å². The van der Waals surface area contributed by atoms with Gasteiger partial charge in [0.2, 0.25) is 0 Å². The molecule has 86 valence electrons. The quantitative estimate of drug-likeness (QED) is 0.347. The lowest BCUT2D eigenvalue weighted by atomic mass is 10.2. The summed E-state index contributed by atoms with van der Waals surface area (Å²) in [6.07, 6.45) is 12.4. The number of esters is 1. The van der Waals surface area contributed by atoms with Crippen LogP contribution in [-0.4, -0.2) is 12.6 Å². The second-order valence-electron chi connectivity index (χ2n) is 3.42. The Hall–Kier alpha value is -1.05. The van der Waals surface area contributed by atoms with E-state index in [1.165, 1.54) is 0 Å². The lowest BCUT2D eigenvalue weighted by Crippen LogP contribution is -2.04. The highest BCUT2D eigenvalue weighted by atomic mass is 16.5. The van der Waals surface area contributed by atoms with Crippen LogP contribution >= 0.6 is 0 Å². The molecular formula is C13H22O2. The largest absolute Gasteiger partial charge is 0.465 e. The molecule has 0 aromatic carbocycles. The fourth-order valence-electron chi connectivity index (χ4n) is 1.12. The molecule has 0 N–H and O–H groups in total. The van der Waals surface area contributed by atoms with Gasteiger partial charge in [-0.05, 0) is 19.8 Å². The van der Waals surface area contributed by atoms with Gasteiger partial charge in [0.1, 0.15) is 0 Å². The van der Waals surface area contributed by atoms with E-state index in [4.69, 9.17) is 4.74 Å². The van der Waals surface area contributed by atoms with Crippen LogP contribution in [0.25, 0.3) is 0 Å². The molecule has 2 heteroatoms. The number of carbonyl (C=O) groups excluding carboxylic acids is 1. The molecule has 0 aromatic heterocycles. The van der Waals surface area contributed by atoms with Crippen molar-refractivity contribution in [2.24, 2.45) is 0 Å². The molecule has 0 amide bonds. The molecule has 0 saturated carbocycles. The Kier molecular flexibility index (Phi) is 10.3. The predicted octanol–water partition coefficient (Wildman–Crippen LogP) is 3.63. The number of carbonyl (C=O) groups is 1. The second kappa shape index (κ2) is 11.0. The minimum absolute atomic E-state index is 0.0668. The Balaban J connectivity index is 3.31. The zero-order valence-electron chi connectivity index (χ0n) is 9.87. The molecule has 0 unspecified atom stereocenters. The number of hydrogen-bond donors (Lipinski definition) is 0. The lowest BCUT2D eigenvalue weighted by Gasteiger charge is -2.01. The summed E-state index contributed by atoms with van der Waals surface area (Å²) >= 11 is 0. The van der Waals surface area contributed by atoms with Gasteiger partial charge in [0.05, 0.1) is 6.61 Å². The minimum Gasteiger partial charge on any atom is -0.465 e. The maximum Gasteiger partial charge on any atom is 0.305 e. The van der Waals surface area contributed by atoms with Crippen LogP contribution in [0.2, 0.25) is 0 Å². The third-order valence-electron chi connectivity index (χ3n) is 1.97. The number of unbranched alkanes of at least 4 members (excludes halogenated alkanes) is 2. The number of ether oxygens (including phenoxy) is 1. The van der Waals surface area contributed by atoms with Gasteiger partial charge in [-0.2, -0.15) is 0 Å². The summed E-state index contributed by atoms with van der Waals surface area (Å²) < 4.78 is 5.05. The maximum absolute atomic E-state index is 11.1. The minimum atomic E-state index is -0.0668. The van der Waals surface area contributed by atoms with Crippen LogP contribution in [0.4, 0.5) is 0 Å². The van der Waals surface area contributed by atoms with Gasteiger partial charge in [0.25, 0.3) is 0 Å².